The van der Waals surface area contributed by atoms with Crippen molar-refractivity contribution < 1.29 is 10.2 Å². The Labute approximate surface area is 104 Å². The zero-order valence-electron chi connectivity index (χ0n) is 9.41. The van der Waals surface area contributed by atoms with Crippen LogP contribution >= 0.6 is 0 Å². The van der Waals surface area contributed by atoms with E-state index in [1.807, 2.05) is 6.07 Å². The van der Waals surface area contributed by atoms with Crippen molar-refractivity contribution in [1.82, 2.24) is 0 Å². The van der Waals surface area contributed by atoms with Gasteiger partial charge in [-0.2, -0.15) is 5.26 Å². The van der Waals surface area contributed by atoms with Gasteiger partial charge in [0.2, 0.25) is 0 Å². The van der Waals surface area contributed by atoms with Crippen molar-refractivity contribution in [3.63, 3.8) is 0 Å². The van der Waals surface area contributed by atoms with Crippen LogP contribution < -0.4 is 0 Å². The smallest absolute Gasteiger partial charge is 0.124 e. The number of aromatic hydroxyl groups is 2. The maximum absolute atomic E-state index is 9.55. The summed E-state index contributed by atoms with van der Waals surface area (Å²) in [4.78, 5) is 4.15. The maximum Gasteiger partial charge on any atom is 0.124 e. The number of nitrogens with zero attached hydrogens (tertiary/aromatic N) is 2. The zero-order valence-corrected chi connectivity index (χ0v) is 9.41. The first-order chi connectivity index (χ1) is 8.69. The van der Waals surface area contributed by atoms with Crippen LogP contribution in [-0.2, 0) is 0 Å². The predicted octanol–water partition coefficient (Wildman–Crippen LogP) is 2.72. The van der Waals surface area contributed by atoms with E-state index >= 15 is 0 Å². The molecule has 88 valence electrons. The standard InChI is InChI=1S/C14H10N2O2/c15-8-10-1-3-12(4-2-10)16-9-11-7-13(17)5-6-14(11)18/h1-7,9,17-18H. The highest BCUT2D eigenvalue weighted by atomic mass is 16.3. The molecule has 0 saturated heterocycles. The van der Waals surface area contributed by atoms with Crippen molar-refractivity contribution in [2.75, 3.05) is 0 Å². The highest BCUT2D eigenvalue weighted by Gasteiger charge is 1.99. The highest BCUT2D eigenvalue weighted by Crippen LogP contribution is 2.21. The largest absolute Gasteiger partial charge is 0.508 e. The van der Waals surface area contributed by atoms with Crippen LogP contribution in [0.2, 0.25) is 0 Å². The Morgan fingerprint density at radius 1 is 1.06 bits per heavy atom. The summed E-state index contributed by atoms with van der Waals surface area (Å²) in [5.74, 6) is 0.110. The summed E-state index contributed by atoms with van der Waals surface area (Å²) in [5, 5.41) is 27.5. The van der Waals surface area contributed by atoms with E-state index in [4.69, 9.17) is 5.26 Å². The molecule has 2 aromatic carbocycles. The number of phenols is 2. The third-order valence-corrected chi connectivity index (χ3v) is 2.36. The Kier molecular flexibility index (Phi) is 3.26. The van der Waals surface area contributed by atoms with Crippen LogP contribution in [0.25, 0.3) is 0 Å². The van der Waals surface area contributed by atoms with Gasteiger partial charge in [0.05, 0.1) is 17.3 Å². The van der Waals surface area contributed by atoms with Gasteiger partial charge in [0, 0.05) is 11.8 Å². The fraction of sp³-hybridized carbons (Fsp3) is 0. The summed E-state index contributed by atoms with van der Waals surface area (Å²) in [6.45, 7) is 0. The number of hydrogen-bond acceptors (Lipinski definition) is 4. The molecule has 4 nitrogen and oxygen atoms in total. The molecule has 2 N–H and O–H groups in total. The summed E-state index contributed by atoms with van der Waals surface area (Å²) in [7, 11) is 0. The van der Waals surface area contributed by atoms with Crippen molar-refractivity contribution in [1.29, 1.82) is 5.26 Å². The van der Waals surface area contributed by atoms with E-state index in [0.717, 1.165) is 0 Å². The average Bonchev–Trinajstić information content (AvgIpc) is 2.40. The molecular formula is C14H10N2O2. The van der Waals surface area contributed by atoms with Crippen LogP contribution in [0, 0.1) is 11.3 Å². The lowest BCUT2D eigenvalue weighted by Gasteiger charge is -1.99. The third-order valence-electron chi connectivity index (χ3n) is 2.36. The van der Waals surface area contributed by atoms with E-state index in [0.29, 0.717) is 16.8 Å². The second-order valence-corrected chi connectivity index (χ2v) is 3.66. The number of hydrogen-bond donors (Lipinski definition) is 2. The topological polar surface area (TPSA) is 76.6 Å². The molecule has 0 bridgehead atoms. The number of benzene rings is 2. The van der Waals surface area contributed by atoms with Gasteiger partial charge in [-0.1, -0.05) is 0 Å². The predicted molar refractivity (Wildman–Crippen MR) is 68.2 cm³/mol. The molecule has 0 spiro atoms. The SMILES string of the molecule is N#Cc1ccc(N=Cc2cc(O)ccc2O)cc1. The molecule has 0 atom stereocenters. The quantitative estimate of drug-likeness (QED) is 0.623. The molecule has 2 aromatic rings. The van der Waals surface area contributed by atoms with E-state index < -0.39 is 0 Å². The van der Waals surface area contributed by atoms with E-state index in [9.17, 15) is 10.2 Å². The molecule has 0 heterocycles. The van der Waals surface area contributed by atoms with Crippen molar-refractivity contribution in [2.24, 2.45) is 4.99 Å². The minimum atomic E-state index is 0.0465. The molecule has 2 rings (SSSR count). The molecule has 0 fully saturated rings. The van der Waals surface area contributed by atoms with Crippen LogP contribution in [0.1, 0.15) is 11.1 Å². The second-order valence-electron chi connectivity index (χ2n) is 3.66. The first kappa shape index (κ1) is 11.7. The second kappa shape index (κ2) is 5.02. The Bertz CT molecular complexity index is 625. The summed E-state index contributed by atoms with van der Waals surface area (Å²) >= 11 is 0. The normalized spacial score (nSPS) is 10.4. The molecule has 0 aliphatic carbocycles. The Balaban J connectivity index is 2.24. The van der Waals surface area contributed by atoms with Crippen molar-refractivity contribution in [2.45, 2.75) is 0 Å². The van der Waals surface area contributed by atoms with Crippen molar-refractivity contribution >= 4 is 11.9 Å². The van der Waals surface area contributed by atoms with Gasteiger partial charge in [-0.3, -0.25) is 4.99 Å². The van der Waals surface area contributed by atoms with Crippen LogP contribution in [-0.4, -0.2) is 16.4 Å². The first-order valence-electron chi connectivity index (χ1n) is 5.25. The fourth-order valence-corrected chi connectivity index (χ4v) is 1.41. The molecule has 0 aromatic heterocycles. The molecule has 0 aliphatic heterocycles. The molecule has 0 aliphatic rings. The first-order valence-corrected chi connectivity index (χ1v) is 5.25. The van der Waals surface area contributed by atoms with Crippen LogP contribution in [0.15, 0.2) is 47.5 Å². The summed E-state index contributed by atoms with van der Waals surface area (Å²) < 4.78 is 0. The van der Waals surface area contributed by atoms with Crippen molar-refractivity contribution in [3.05, 3.63) is 53.6 Å². The Hall–Kier alpha value is -2.80. The van der Waals surface area contributed by atoms with E-state index in [1.54, 1.807) is 24.3 Å². The van der Waals surface area contributed by atoms with Crippen LogP contribution in [0.5, 0.6) is 11.5 Å². The molecular weight excluding hydrogens is 228 g/mol. The van der Waals surface area contributed by atoms with Crippen molar-refractivity contribution in [3.8, 4) is 17.6 Å². The van der Waals surface area contributed by atoms with Gasteiger partial charge in [0.15, 0.2) is 0 Å². The monoisotopic (exact) mass is 238 g/mol. The Morgan fingerprint density at radius 2 is 1.78 bits per heavy atom. The third kappa shape index (κ3) is 2.66. The summed E-state index contributed by atoms with van der Waals surface area (Å²) in [6.07, 6.45) is 1.45. The molecule has 0 saturated carbocycles. The van der Waals surface area contributed by atoms with E-state index in [1.165, 1.54) is 24.4 Å². The minimum Gasteiger partial charge on any atom is -0.508 e. The van der Waals surface area contributed by atoms with Gasteiger partial charge in [-0.05, 0) is 42.5 Å². The van der Waals surface area contributed by atoms with Gasteiger partial charge < -0.3 is 10.2 Å². The van der Waals surface area contributed by atoms with Gasteiger partial charge in [0.1, 0.15) is 11.5 Å². The number of aliphatic imine (C=N–C) groups is 1. The summed E-state index contributed by atoms with van der Waals surface area (Å²) in [6, 6.07) is 13.0. The molecule has 0 radical (unpaired) electrons. The van der Waals surface area contributed by atoms with Crippen LogP contribution in [0.3, 0.4) is 0 Å². The van der Waals surface area contributed by atoms with Gasteiger partial charge in [-0.25, -0.2) is 0 Å². The number of phenolic OH excluding ortho intramolecular Hbond substituents is 2. The average molecular weight is 238 g/mol. The highest BCUT2D eigenvalue weighted by molar-refractivity contribution is 5.85. The molecule has 4 heteroatoms. The zero-order chi connectivity index (χ0) is 13.0. The lowest BCUT2D eigenvalue weighted by molar-refractivity contribution is 0.459. The Morgan fingerprint density at radius 3 is 2.44 bits per heavy atom. The maximum atomic E-state index is 9.55. The summed E-state index contributed by atoms with van der Waals surface area (Å²) in [5.41, 5.74) is 1.66. The van der Waals surface area contributed by atoms with Gasteiger partial charge >= 0.3 is 0 Å². The van der Waals surface area contributed by atoms with Gasteiger partial charge in [-0.15, -0.1) is 0 Å². The van der Waals surface area contributed by atoms with E-state index in [-0.39, 0.29) is 11.5 Å². The molecule has 0 amide bonds. The van der Waals surface area contributed by atoms with E-state index in [2.05, 4.69) is 4.99 Å². The fourth-order valence-electron chi connectivity index (χ4n) is 1.41. The minimum absolute atomic E-state index is 0.0465. The molecule has 18 heavy (non-hydrogen) atoms. The lowest BCUT2D eigenvalue weighted by Crippen LogP contribution is -1.82. The molecule has 0 unspecified atom stereocenters. The van der Waals surface area contributed by atoms with Gasteiger partial charge in [0.25, 0.3) is 0 Å². The lowest BCUT2D eigenvalue weighted by atomic mass is 10.2. The number of rotatable bonds is 2. The van der Waals surface area contributed by atoms with Crippen LogP contribution in [0.4, 0.5) is 5.69 Å². The number of nitriles is 1.